The second kappa shape index (κ2) is 5.02. The lowest BCUT2D eigenvalue weighted by molar-refractivity contribution is 0.0695. The molecule has 1 aromatic carbocycles. The van der Waals surface area contributed by atoms with Crippen LogP contribution in [0.5, 0.6) is 0 Å². The Kier molecular flexibility index (Phi) is 3.28. The molecule has 22 heavy (non-hydrogen) atoms. The van der Waals surface area contributed by atoms with Gasteiger partial charge < -0.3 is 14.6 Å². The summed E-state index contributed by atoms with van der Waals surface area (Å²) in [5.74, 6) is -0.963. The topological polar surface area (TPSA) is 62.3 Å². The van der Waals surface area contributed by atoms with E-state index in [1.807, 2.05) is 36.6 Å². The number of nitrogens with zero attached hydrogens (tertiary/aromatic N) is 2. The Hall–Kier alpha value is -2.56. The Bertz CT molecular complexity index is 776. The Labute approximate surface area is 128 Å². The molecule has 3 rings (SSSR count). The van der Waals surface area contributed by atoms with Crippen molar-refractivity contribution in [1.29, 1.82) is 0 Å². The van der Waals surface area contributed by atoms with E-state index in [0.717, 1.165) is 17.9 Å². The van der Waals surface area contributed by atoms with Gasteiger partial charge in [0.25, 0.3) is 5.91 Å². The summed E-state index contributed by atoms with van der Waals surface area (Å²) in [6.07, 6.45) is 0. The summed E-state index contributed by atoms with van der Waals surface area (Å²) in [7, 11) is 0. The first-order valence-electron chi connectivity index (χ1n) is 7.24. The molecule has 1 aliphatic heterocycles. The molecular weight excluding hydrogens is 280 g/mol. The lowest BCUT2D eigenvalue weighted by atomic mass is 10.1. The third-order valence-electron chi connectivity index (χ3n) is 4.16. The van der Waals surface area contributed by atoms with Gasteiger partial charge in [0.05, 0.1) is 16.8 Å². The SMILES string of the molecule is Cc1cc(C(=O)O)c(C)n1-c1ccccc1C(=O)N1CC1C. The average Bonchev–Trinajstić information content (AvgIpc) is 3.13. The number of aryl methyl sites for hydroxylation is 1. The van der Waals surface area contributed by atoms with Crippen LogP contribution in [0.2, 0.25) is 0 Å². The Balaban J connectivity index is 2.14. The minimum Gasteiger partial charge on any atom is -0.478 e. The zero-order valence-electron chi connectivity index (χ0n) is 12.8. The predicted octanol–water partition coefficient (Wildman–Crippen LogP) is 2.64. The van der Waals surface area contributed by atoms with Gasteiger partial charge in [-0.1, -0.05) is 12.1 Å². The number of carboxylic acid groups (broad SMARTS) is 1. The van der Waals surface area contributed by atoms with Crippen molar-refractivity contribution in [3.63, 3.8) is 0 Å². The fourth-order valence-electron chi connectivity index (χ4n) is 2.87. The molecule has 1 saturated heterocycles. The van der Waals surface area contributed by atoms with E-state index in [0.29, 0.717) is 11.3 Å². The van der Waals surface area contributed by atoms with Crippen molar-refractivity contribution >= 4 is 11.9 Å². The van der Waals surface area contributed by atoms with Gasteiger partial charge in [-0.25, -0.2) is 4.79 Å². The van der Waals surface area contributed by atoms with E-state index in [-0.39, 0.29) is 17.5 Å². The first kappa shape index (κ1) is 14.4. The quantitative estimate of drug-likeness (QED) is 0.886. The number of amides is 1. The highest BCUT2D eigenvalue weighted by atomic mass is 16.4. The highest BCUT2D eigenvalue weighted by Crippen LogP contribution is 2.27. The van der Waals surface area contributed by atoms with Crippen molar-refractivity contribution in [2.24, 2.45) is 0 Å². The summed E-state index contributed by atoms with van der Waals surface area (Å²) >= 11 is 0. The number of para-hydroxylation sites is 1. The molecule has 1 aliphatic rings. The van der Waals surface area contributed by atoms with E-state index in [2.05, 4.69) is 0 Å². The molecule has 5 heteroatoms. The summed E-state index contributed by atoms with van der Waals surface area (Å²) in [4.78, 5) is 25.7. The third-order valence-corrected chi connectivity index (χ3v) is 4.16. The van der Waals surface area contributed by atoms with Crippen LogP contribution in [0, 0.1) is 13.8 Å². The predicted molar refractivity (Wildman–Crippen MR) is 82.7 cm³/mol. The van der Waals surface area contributed by atoms with Gasteiger partial charge in [-0.3, -0.25) is 4.79 Å². The number of benzene rings is 1. The summed E-state index contributed by atoms with van der Waals surface area (Å²) in [6, 6.07) is 9.25. The Morgan fingerprint density at radius 2 is 1.82 bits per heavy atom. The van der Waals surface area contributed by atoms with E-state index in [1.54, 1.807) is 24.0 Å². The van der Waals surface area contributed by atoms with Crippen molar-refractivity contribution in [2.75, 3.05) is 6.54 Å². The van der Waals surface area contributed by atoms with E-state index < -0.39 is 5.97 Å². The zero-order valence-corrected chi connectivity index (χ0v) is 12.8. The summed E-state index contributed by atoms with van der Waals surface area (Å²) in [5, 5.41) is 9.27. The standard InChI is InChI=1S/C17H18N2O3/c1-10-8-14(17(21)22)12(3)19(10)15-7-5-4-6-13(15)16(20)18-9-11(18)2/h4-8,11H,9H2,1-3H3,(H,21,22). The maximum absolute atomic E-state index is 12.6. The van der Waals surface area contributed by atoms with Crippen LogP contribution in [0.1, 0.15) is 39.0 Å². The van der Waals surface area contributed by atoms with Crippen LogP contribution in [0.3, 0.4) is 0 Å². The Morgan fingerprint density at radius 1 is 1.18 bits per heavy atom. The number of carbonyl (C=O) groups is 2. The van der Waals surface area contributed by atoms with Gasteiger partial charge in [0.15, 0.2) is 0 Å². The first-order chi connectivity index (χ1) is 10.4. The van der Waals surface area contributed by atoms with E-state index in [9.17, 15) is 14.7 Å². The molecule has 1 aromatic heterocycles. The molecule has 0 radical (unpaired) electrons. The van der Waals surface area contributed by atoms with Crippen LogP contribution in [-0.2, 0) is 0 Å². The molecule has 0 saturated carbocycles. The summed E-state index contributed by atoms with van der Waals surface area (Å²) < 4.78 is 1.84. The van der Waals surface area contributed by atoms with E-state index >= 15 is 0 Å². The van der Waals surface area contributed by atoms with Crippen molar-refractivity contribution in [3.8, 4) is 5.69 Å². The fraction of sp³-hybridized carbons (Fsp3) is 0.294. The number of hydrogen-bond donors (Lipinski definition) is 1. The summed E-state index contributed by atoms with van der Waals surface area (Å²) in [5.41, 5.74) is 3.03. The van der Waals surface area contributed by atoms with Gasteiger partial charge in [-0.2, -0.15) is 0 Å². The van der Waals surface area contributed by atoms with Crippen LogP contribution in [-0.4, -0.2) is 39.0 Å². The van der Waals surface area contributed by atoms with Crippen molar-refractivity contribution < 1.29 is 14.7 Å². The largest absolute Gasteiger partial charge is 0.478 e. The number of carboxylic acids is 1. The lowest BCUT2D eigenvalue weighted by Crippen LogP contribution is -2.16. The average molecular weight is 298 g/mol. The van der Waals surface area contributed by atoms with Crippen LogP contribution in [0.15, 0.2) is 30.3 Å². The van der Waals surface area contributed by atoms with Gasteiger partial charge in [0.2, 0.25) is 0 Å². The van der Waals surface area contributed by atoms with E-state index in [1.165, 1.54) is 0 Å². The minimum absolute atomic E-state index is 0.00697. The zero-order chi connectivity index (χ0) is 16.0. The number of carbonyl (C=O) groups excluding carboxylic acids is 1. The third kappa shape index (κ3) is 2.19. The van der Waals surface area contributed by atoms with Gasteiger partial charge in [-0.15, -0.1) is 0 Å². The molecule has 0 aliphatic carbocycles. The molecule has 1 N–H and O–H groups in total. The second-order valence-corrected chi connectivity index (χ2v) is 5.75. The molecule has 0 bridgehead atoms. The van der Waals surface area contributed by atoms with Crippen LogP contribution in [0.4, 0.5) is 0 Å². The van der Waals surface area contributed by atoms with Crippen molar-refractivity contribution in [2.45, 2.75) is 26.8 Å². The van der Waals surface area contributed by atoms with Crippen LogP contribution in [0.25, 0.3) is 5.69 Å². The minimum atomic E-state index is -0.956. The normalized spacial score (nSPS) is 16.7. The maximum Gasteiger partial charge on any atom is 0.337 e. The van der Waals surface area contributed by atoms with E-state index in [4.69, 9.17) is 0 Å². The second-order valence-electron chi connectivity index (χ2n) is 5.75. The van der Waals surface area contributed by atoms with Gasteiger partial charge in [0.1, 0.15) is 0 Å². The molecular formula is C17H18N2O3. The monoisotopic (exact) mass is 298 g/mol. The van der Waals surface area contributed by atoms with Crippen LogP contribution >= 0.6 is 0 Å². The molecule has 1 atom stereocenters. The van der Waals surface area contributed by atoms with Gasteiger partial charge in [-0.05, 0) is 39.0 Å². The number of hydrogen-bond acceptors (Lipinski definition) is 2. The van der Waals surface area contributed by atoms with Gasteiger partial charge in [0, 0.05) is 24.0 Å². The van der Waals surface area contributed by atoms with Gasteiger partial charge >= 0.3 is 5.97 Å². The van der Waals surface area contributed by atoms with Crippen molar-refractivity contribution in [1.82, 2.24) is 9.47 Å². The molecule has 2 aromatic rings. The smallest absolute Gasteiger partial charge is 0.337 e. The first-order valence-corrected chi connectivity index (χ1v) is 7.24. The molecule has 5 nitrogen and oxygen atoms in total. The molecule has 2 heterocycles. The van der Waals surface area contributed by atoms with Crippen molar-refractivity contribution in [3.05, 3.63) is 52.8 Å². The molecule has 1 unspecified atom stereocenters. The highest BCUT2D eigenvalue weighted by Gasteiger charge is 2.35. The molecule has 0 spiro atoms. The number of aromatic carboxylic acids is 1. The maximum atomic E-state index is 12.6. The number of aromatic nitrogens is 1. The summed E-state index contributed by atoms with van der Waals surface area (Å²) in [6.45, 7) is 6.39. The van der Waals surface area contributed by atoms with Crippen LogP contribution < -0.4 is 0 Å². The molecule has 1 amide bonds. The Morgan fingerprint density at radius 3 is 2.36 bits per heavy atom. The number of rotatable bonds is 3. The molecule has 114 valence electrons. The highest BCUT2D eigenvalue weighted by molar-refractivity contribution is 5.99. The fourth-order valence-corrected chi connectivity index (χ4v) is 2.87. The molecule has 1 fully saturated rings. The lowest BCUT2D eigenvalue weighted by Gasteiger charge is -2.14.